The van der Waals surface area contributed by atoms with Crippen molar-refractivity contribution in [2.24, 2.45) is 0 Å². The van der Waals surface area contributed by atoms with E-state index in [0.29, 0.717) is 11.3 Å². The summed E-state index contributed by atoms with van der Waals surface area (Å²) in [6.07, 6.45) is 3.59. The molecule has 0 amide bonds. The van der Waals surface area contributed by atoms with Gasteiger partial charge >= 0.3 is 5.97 Å². The number of thiophene rings is 1. The highest BCUT2D eigenvalue weighted by molar-refractivity contribution is 7.80. The first kappa shape index (κ1) is 9.35. The molecule has 0 saturated carbocycles. The molecule has 1 rings (SSSR count). The van der Waals surface area contributed by atoms with Crippen LogP contribution in [0.4, 0.5) is 0 Å². The van der Waals surface area contributed by atoms with Gasteiger partial charge in [0.05, 0.1) is 5.56 Å². The first-order valence-corrected chi connectivity index (χ1v) is 4.90. The maximum absolute atomic E-state index is 10.6. The van der Waals surface area contributed by atoms with Gasteiger partial charge in [0.15, 0.2) is 0 Å². The third kappa shape index (κ3) is 2.12. The molecule has 1 N–H and O–H groups in total. The molecule has 0 fully saturated rings. The molecule has 2 nitrogen and oxygen atoms in total. The van der Waals surface area contributed by atoms with E-state index in [1.807, 2.05) is 11.5 Å². The molecule has 0 radical (unpaired) electrons. The number of thiol groups is 1. The van der Waals surface area contributed by atoms with Crippen molar-refractivity contribution >= 4 is 36.0 Å². The van der Waals surface area contributed by atoms with Gasteiger partial charge in [0.1, 0.15) is 0 Å². The number of carboxylic acids is 1. The summed E-state index contributed by atoms with van der Waals surface area (Å²) in [5.41, 5.74) is 1.11. The topological polar surface area (TPSA) is 37.3 Å². The fraction of sp³-hybridized carbons (Fsp3) is 0.125. The van der Waals surface area contributed by atoms with Crippen molar-refractivity contribution in [1.29, 1.82) is 0 Å². The van der Waals surface area contributed by atoms with Gasteiger partial charge < -0.3 is 5.11 Å². The third-order valence-corrected chi connectivity index (χ3v) is 2.30. The van der Waals surface area contributed by atoms with Gasteiger partial charge in [0, 0.05) is 11.1 Å². The molecule has 0 unspecified atom stereocenters. The van der Waals surface area contributed by atoms with Crippen LogP contribution in [0.5, 0.6) is 0 Å². The van der Waals surface area contributed by atoms with Crippen molar-refractivity contribution in [3.63, 3.8) is 0 Å². The lowest BCUT2D eigenvalue weighted by Crippen LogP contribution is -1.95. The number of rotatable bonds is 3. The van der Waals surface area contributed by atoms with E-state index in [0.717, 1.165) is 5.56 Å². The van der Waals surface area contributed by atoms with Crippen molar-refractivity contribution < 1.29 is 9.90 Å². The first-order valence-electron chi connectivity index (χ1n) is 3.32. The Balaban J connectivity index is 2.91. The SMILES string of the molecule is O=C(O)c1cscc1C=CCS. The molecule has 0 spiro atoms. The monoisotopic (exact) mass is 200 g/mol. The van der Waals surface area contributed by atoms with E-state index < -0.39 is 5.97 Å². The zero-order valence-electron chi connectivity index (χ0n) is 6.23. The second-order valence-electron chi connectivity index (χ2n) is 2.13. The second kappa shape index (κ2) is 4.33. The molecule has 0 aliphatic carbocycles. The summed E-state index contributed by atoms with van der Waals surface area (Å²) in [6, 6.07) is 0. The molecule has 12 heavy (non-hydrogen) atoms. The maximum atomic E-state index is 10.6. The quantitative estimate of drug-likeness (QED) is 0.735. The highest BCUT2D eigenvalue weighted by Gasteiger charge is 2.07. The molecular formula is C8H8O2S2. The average molecular weight is 200 g/mol. The summed E-state index contributed by atoms with van der Waals surface area (Å²) in [4.78, 5) is 10.6. The van der Waals surface area contributed by atoms with Crippen molar-refractivity contribution in [1.82, 2.24) is 0 Å². The number of carbonyl (C=O) groups is 1. The predicted octanol–water partition coefficient (Wildman–Crippen LogP) is 2.39. The molecule has 1 aromatic rings. The van der Waals surface area contributed by atoms with E-state index in [1.165, 1.54) is 11.3 Å². The van der Waals surface area contributed by atoms with Crippen LogP contribution in [0.1, 0.15) is 15.9 Å². The molecule has 0 aromatic carbocycles. The summed E-state index contributed by atoms with van der Waals surface area (Å²) in [5.74, 6) is -0.260. The first-order chi connectivity index (χ1) is 5.75. The molecule has 0 aliphatic rings. The van der Waals surface area contributed by atoms with Crippen LogP contribution in [0.2, 0.25) is 0 Å². The summed E-state index contributed by atoms with van der Waals surface area (Å²) in [6.45, 7) is 0. The van der Waals surface area contributed by atoms with Crippen LogP contribution < -0.4 is 0 Å². The lowest BCUT2D eigenvalue weighted by molar-refractivity contribution is 0.0697. The number of carboxylic acid groups (broad SMARTS) is 1. The van der Waals surface area contributed by atoms with Gasteiger partial charge in [-0.2, -0.15) is 24.0 Å². The lowest BCUT2D eigenvalue weighted by Gasteiger charge is -1.90. The van der Waals surface area contributed by atoms with Gasteiger partial charge in [-0.15, -0.1) is 0 Å². The van der Waals surface area contributed by atoms with E-state index in [4.69, 9.17) is 5.11 Å². The standard InChI is InChI=1S/C8H8O2S2/c9-8(10)7-5-12-4-6(7)2-1-3-11/h1-2,4-5,11H,3H2,(H,9,10). The zero-order chi connectivity index (χ0) is 8.97. The predicted molar refractivity (Wildman–Crippen MR) is 54.2 cm³/mol. The van der Waals surface area contributed by atoms with Gasteiger partial charge in [0.25, 0.3) is 0 Å². The molecule has 0 saturated heterocycles. The Hall–Kier alpha value is -0.740. The van der Waals surface area contributed by atoms with Crippen LogP contribution in [0.15, 0.2) is 16.8 Å². The van der Waals surface area contributed by atoms with Crippen LogP contribution >= 0.6 is 24.0 Å². The van der Waals surface area contributed by atoms with Gasteiger partial charge in [-0.05, 0) is 10.9 Å². The smallest absolute Gasteiger partial charge is 0.337 e. The van der Waals surface area contributed by atoms with E-state index in [2.05, 4.69) is 12.6 Å². The molecule has 64 valence electrons. The Bertz CT molecular complexity index is 302. The Morgan fingerprint density at radius 1 is 1.67 bits per heavy atom. The largest absolute Gasteiger partial charge is 0.478 e. The van der Waals surface area contributed by atoms with Gasteiger partial charge in [0.2, 0.25) is 0 Å². The zero-order valence-corrected chi connectivity index (χ0v) is 7.94. The minimum Gasteiger partial charge on any atom is -0.478 e. The Kier molecular flexibility index (Phi) is 3.37. The van der Waals surface area contributed by atoms with E-state index >= 15 is 0 Å². The molecule has 1 aromatic heterocycles. The summed E-state index contributed by atoms with van der Waals surface area (Å²) >= 11 is 5.37. The molecule has 0 bridgehead atoms. The Morgan fingerprint density at radius 2 is 2.42 bits per heavy atom. The van der Waals surface area contributed by atoms with Gasteiger partial charge in [-0.3, -0.25) is 0 Å². The summed E-state index contributed by atoms with van der Waals surface area (Å²) in [7, 11) is 0. The maximum Gasteiger partial charge on any atom is 0.337 e. The molecule has 0 atom stereocenters. The summed E-state index contributed by atoms with van der Waals surface area (Å²) in [5, 5.41) is 12.1. The highest BCUT2D eigenvalue weighted by Crippen LogP contribution is 2.16. The minimum atomic E-state index is -0.880. The normalized spacial score (nSPS) is 10.8. The van der Waals surface area contributed by atoms with Crippen LogP contribution in [0.25, 0.3) is 6.08 Å². The van der Waals surface area contributed by atoms with Crippen molar-refractivity contribution in [2.75, 3.05) is 5.75 Å². The van der Waals surface area contributed by atoms with E-state index in [1.54, 1.807) is 11.5 Å². The van der Waals surface area contributed by atoms with Crippen LogP contribution in [-0.4, -0.2) is 16.8 Å². The number of hydrogen-bond donors (Lipinski definition) is 2. The van der Waals surface area contributed by atoms with Crippen molar-refractivity contribution in [3.05, 3.63) is 28.0 Å². The molecular weight excluding hydrogens is 192 g/mol. The van der Waals surface area contributed by atoms with Crippen LogP contribution in [0.3, 0.4) is 0 Å². The minimum absolute atomic E-state index is 0.359. The van der Waals surface area contributed by atoms with Gasteiger partial charge in [-0.25, -0.2) is 4.79 Å². The fourth-order valence-electron chi connectivity index (χ4n) is 0.790. The second-order valence-corrected chi connectivity index (χ2v) is 3.24. The van der Waals surface area contributed by atoms with Crippen LogP contribution in [-0.2, 0) is 0 Å². The molecule has 4 heteroatoms. The Morgan fingerprint density at radius 3 is 3.00 bits per heavy atom. The lowest BCUT2D eigenvalue weighted by atomic mass is 10.2. The van der Waals surface area contributed by atoms with E-state index in [9.17, 15) is 4.79 Å². The fourth-order valence-corrected chi connectivity index (χ4v) is 1.69. The average Bonchev–Trinajstić information content (AvgIpc) is 2.48. The number of aromatic carboxylic acids is 1. The Labute approximate surface area is 80.0 Å². The van der Waals surface area contributed by atoms with Crippen molar-refractivity contribution in [3.8, 4) is 0 Å². The summed E-state index contributed by atoms with van der Waals surface area (Å²) < 4.78 is 0. The third-order valence-electron chi connectivity index (χ3n) is 1.33. The molecule has 1 heterocycles. The number of hydrogen-bond acceptors (Lipinski definition) is 3. The van der Waals surface area contributed by atoms with Crippen molar-refractivity contribution in [2.45, 2.75) is 0 Å². The highest BCUT2D eigenvalue weighted by atomic mass is 32.1. The van der Waals surface area contributed by atoms with E-state index in [-0.39, 0.29) is 0 Å². The van der Waals surface area contributed by atoms with Gasteiger partial charge in [-0.1, -0.05) is 12.2 Å². The molecule has 0 aliphatic heterocycles. The van der Waals surface area contributed by atoms with Crippen LogP contribution in [0, 0.1) is 0 Å².